The molecule has 7 nitrogen and oxygen atoms in total. The average molecular weight is 382 g/mol. The lowest BCUT2D eigenvalue weighted by Crippen LogP contribution is -2.27. The molecule has 0 atom stereocenters. The van der Waals surface area contributed by atoms with Crippen molar-refractivity contribution >= 4 is 22.8 Å². The van der Waals surface area contributed by atoms with E-state index in [4.69, 9.17) is 0 Å². The van der Waals surface area contributed by atoms with Gasteiger partial charge in [-0.3, -0.25) is 4.79 Å². The molecule has 3 heterocycles. The molecule has 1 N–H and O–H groups in total. The molecule has 1 fully saturated rings. The number of amides is 1. The molecule has 1 saturated heterocycles. The molecule has 146 valence electrons. The Balaban J connectivity index is 1.44. The average Bonchev–Trinajstić information content (AvgIpc) is 2.94. The number of aromatic nitrogens is 4. The van der Waals surface area contributed by atoms with Crippen LogP contribution in [-0.2, 0) is 6.54 Å². The number of carbonyl (C=O) groups is 1. The Morgan fingerprint density at radius 2 is 1.82 bits per heavy atom. The van der Waals surface area contributed by atoms with Gasteiger partial charge in [0.05, 0.1) is 18.1 Å². The monoisotopic (exact) mass is 382 g/mol. The van der Waals surface area contributed by atoms with Crippen LogP contribution in [0.4, 0.5) is 10.2 Å². The maximum Gasteiger partial charge on any atom is 0.251 e. The number of nitrogens with one attached hydrogen (secondary N) is 1. The lowest BCUT2D eigenvalue weighted by Gasteiger charge is -2.21. The summed E-state index contributed by atoms with van der Waals surface area (Å²) >= 11 is 0. The van der Waals surface area contributed by atoms with Crippen molar-refractivity contribution in [3.05, 3.63) is 48.2 Å². The van der Waals surface area contributed by atoms with Crippen LogP contribution in [0, 0.1) is 5.82 Å². The SMILES string of the molecule is O=C(NCCn1ncc2c(N3CCCCCC3)ncnc21)c1ccc(F)cc1. The number of benzene rings is 1. The van der Waals surface area contributed by atoms with E-state index in [-0.39, 0.29) is 11.7 Å². The molecule has 0 saturated carbocycles. The number of anilines is 1. The van der Waals surface area contributed by atoms with Crippen LogP contribution in [0.2, 0.25) is 0 Å². The van der Waals surface area contributed by atoms with Crippen LogP contribution >= 0.6 is 0 Å². The summed E-state index contributed by atoms with van der Waals surface area (Å²) in [6, 6.07) is 5.48. The van der Waals surface area contributed by atoms with E-state index in [0.717, 1.165) is 29.9 Å². The van der Waals surface area contributed by atoms with Crippen molar-refractivity contribution in [2.45, 2.75) is 32.2 Å². The van der Waals surface area contributed by atoms with Crippen molar-refractivity contribution < 1.29 is 9.18 Å². The zero-order valence-corrected chi connectivity index (χ0v) is 15.6. The molecule has 1 amide bonds. The van der Waals surface area contributed by atoms with Gasteiger partial charge in [0.25, 0.3) is 5.91 Å². The number of nitrogens with zero attached hydrogens (tertiary/aromatic N) is 5. The highest BCUT2D eigenvalue weighted by atomic mass is 19.1. The Morgan fingerprint density at radius 1 is 1.07 bits per heavy atom. The lowest BCUT2D eigenvalue weighted by atomic mass is 10.2. The maximum atomic E-state index is 13.0. The number of hydrogen-bond acceptors (Lipinski definition) is 5. The molecule has 3 aromatic rings. The van der Waals surface area contributed by atoms with Gasteiger partial charge in [-0.25, -0.2) is 19.0 Å². The Labute approximate surface area is 162 Å². The first-order chi connectivity index (χ1) is 13.7. The summed E-state index contributed by atoms with van der Waals surface area (Å²) in [6.45, 7) is 2.90. The standard InChI is InChI=1S/C20H23FN6O/c21-16-7-5-15(6-8-16)20(28)22-9-12-27-19-17(13-25-27)18(23-14-24-19)26-10-3-1-2-4-11-26/h5-8,13-14H,1-4,9-12H2,(H,22,28). The number of carbonyl (C=O) groups excluding carboxylic acids is 1. The van der Waals surface area contributed by atoms with E-state index in [1.165, 1.54) is 49.9 Å². The summed E-state index contributed by atoms with van der Waals surface area (Å²) in [4.78, 5) is 23.4. The fourth-order valence-corrected chi connectivity index (χ4v) is 3.56. The molecular formula is C20H23FN6O. The molecule has 1 aliphatic rings. The minimum absolute atomic E-state index is 0.239. The first-order valence-corrected chi connectivity index (χ1v) is 9.67. The fourth-order valence-electron chi connectivity index (χ4n) is 3.56. The van der Waals surface area contributed by atoms with Gasteiger partial charge in [0.2, 0.25) is 0 Å². The largest absolute Gasteiger partial charge is 0.356 e. The van der Waals surface area contributed by atoms with E-state index in [9.17, 15) is 9.18 Å². The van der Waals surface area contributed by atoms with Gasteiger partial charge in [-0.15, -0.1) is 0 Å². The molecule has 0 radical (unpaired) electrons. The first kappa shape index (κ1) is 18.3. The highest BCUT2D eigenvalue weighted by molar-refractivity contribution is 5.94. The molecule has 0 aliphatic carbocycles. The van der Waals surface area contributed by atoms with Crippen LogP contribution in [-0.4, -0.2) is 45.3 Å². The predicted octanol–water partition coefficient (Wildman–Crippen LogP) is 2.78. The highest BCUT2D eigenvalue weighted by Crippen LogP contribution is 2.25. The molecule has 4 rings (SSSR count). The van der Waals surface area contributed by atoms with Crippen LogP contribution < -0.4 is 10.2 Å². The molecule has 2 aromatic heterocycles. The summed E-state index contributed by atoms with van der Waals surface area (Å²) in [5, 5.41) is 8.21. The summed E-state index contributed by atoms with van der Waals surface area (Å²) in [5.74, 6) is 0.337. The summed E-state index contributed by atoms with van der Waals surface area (Å²) in [5.41, 5.74) is 1.20. The molecule has 8 heteroatoms. The Hall–Kier alpha value is -3.03. The van der Waals surface area contributed by atoms with Gasteiger partial charge in [0.15, 0.2) is 5.65 Å². The second-order valence-corrected chi connectivity index (χ2v) is 6.97. The fraction of sp³-hybridized carbons (Fsp3) is 0.400. The molecule has 0 unspecified atom stereocenters. The minimum Gasteiger partial charge on any atom is -0.356 e. The predicted molar refractivity (Wildman–Crippen MR) is 105 cm³/mol. The smallest absolute Gasteiger partial charge is 0.251 e. The van der Waals surface area contributed by atoms with Gasteiger partial charge in [-0.2, -0.15) is 5.10 Å². The molecular weight excluding hydrogens is 359 g/mol. The van der Waals surface area contributed by atoms with Gasteiger partial charge in [-0.1, -0.05) is 12.8 Å². The van der Waals surface area contributed by atoms with Crippen LogP contribution in [0.1, 0.15) is 36.0 Å². The Bertz CT molecular complexity index is 947. The summed E-state index contributed by atoms with van der Waals surface area (Å²) in [6.07, 6.45) is 8.26. The van der Waals surface area contributed by atoms with Crippen LogP contribution in [0.5, 0.6) is 0 Å². The molecule has 0 bridgehead atoms. The van der Waals surface area contributed by atoms with Crippen molar-refractivity contribution in [3.8, 4) is 0 Å². The molecule has 0 spiro atoms. The topological polar surface area (TPSA) is 75.9 Å². The third kappa shape index (κ3) is 3.95. The Kier molecular flexibility index (Phi) is 5.45. The van der Waals surface area contributed by atoms with Gasteiger partial charge in [-0.05, 0) is 37.1 Å². The maximum absolute atomic E-state index is 13.0. The van der Waals surface area contributed by atoms with Gasteiger partial charge in [0, 0.05) is 25.2 Å². The second-order valence-electron chi connectivity index (χ2n) is 6.97. The van der Waals surface area contributed by atoms with Gasteiger partial charge < -0.3 is 10.2 Å². The lowest BCUT2D eigenvalue weighted by molar-refractivity contribution is 0.0952. The van der Waals surface area contributed by atoms with Crippen LogP contribution in [0.3, 0.4) is 0 Å². The summed E-state index contributed by atoms with van der Waals surface area (Å²) < 4.78 is 14.7. The molecule has 28 heavy (non-hydrogen) atoms. The quantitative estimate of drug-likeness (QED) is 0.734. The van der Waals surface area contributed by atoms with Crippen molar-refractivity contribution in [1.29, 1.82) is 0 Å². The zero-order valence-electron chi connectivity index (χ0n) is 15.6. The van der Waals surface area contributed by atoms with E-state index < -0.39 is 0 Å². The van der Waals surface area contributed by atoms with E-state index in [0.29, 0.717) is 18.7 Å². The number of rotatable bonds is 5. The normalized spacial score (nSPS) is 14.8. The third-order valence-corrected chi connectivity index (χ3v) is 5.03. The van der Waals surface area contributed by atoms with Crippen LogP contribution in [0.15, 0.2) is 36.8 Å². The van der Waals surface area contributed by atoms with E-state index in [1.807, 2.05) is 0 Å². The van der Waals surface area contributed by atoms with Crippen molar-refractivity contribution in [3.63, 3.8) is 0 Å². The van der Waals surface area contributed by atoms with Crippen LogP contribution in [0.25, 0.3) is 11.0 Å². The Morgan fingerprint density at radius 3 is 2.57 bits per heavy atom. The number of halogens is 1. The van der Waals surface area contributed by atoms with E-state index in [1.54, 1.807) is 17.2 Å². The zero-order chi connectivity index (χ0) is 19.3. The molecule has 1 aliphatic heterocycles. The highest BCUT2D eigenvalue weighted by Gasteiger charge is 2.17. The number of hydrogen-bond donors (Lipinski definition) is 1. The molecule has 1 aromatic carbocycles. The van der Waals surface area contributed by atoms with E-state index >= 15 is 0 Å². The second kappa shape index (κ2) is 8.33. The van der Waals surface area contributed by atoms with Gasteiger partial charge in [0.1, 0.15) is 18.0 Å². The van der Waals surface area contributed by atoms with Crippen molar-refractivity contribution in [2.75, 3.05) is 24.5 Å². The first-order valence-electron chi connectivity index (χ1n) is 9.67. The number of fused-ring (bicyclic) bond motifs is 1. The van der Waals surface area contributed by atoms with Gasteiger partial charge >= 0.3 is 0 Å². The van der Waals surface area contributed by atoms with E-state index in [2.05, 4.69) is 25.3 Å². The van der Waals surface area contributed by atoms with Crippen molar-refractivity contribution in [1.82, 2.24) is 25.1 Å². The third-order valence-electron chi connectivity index (χ3n) is 5.03. The summed E-state index contributed by atoms with van der Waals surface area (Å²) in [7, 11) is 0. The van der Waals surface area contributed by atoms with Crippen molar-refractivity contribution in [2.24, 2.45) is 0 Å². The minimum atomic E-state index is -0.362.